The number of aromatic nitrogens is 2. The third kappa shape index (κ3) is 5.74. The van der Waals surface area contributed by atoms with Crippen molar-refractivity contribution in [2.24, 2.45) is 0 Å². The minimum Gasteiger partial charge on any atom is -0.296 e. The van der Waals surface area contributed by atoms with Crippen LogP contribution in [0, 0.1) is 0 Å². The van der Waals surface area contributed by atoms with Gasteiger partial charge in [-0.3, -0.25) is 10.1 Å². The van der Waals surface area contributed by atoms with Crippen LogP contribution in [-0.2, 0) is 16.4 Å². The van der Waals surface area contributed by atoms with E-state index in [1.54, 1.807) is 30.3 Å². The van der Waals surface area contributed by atoms with Crippen molar-refractivity contribution in [3.63, 3.8) is 0 Å². The molecule has 0 saturated carbocycles. The average molecular weight is 471 g/mol. The Kier molecular flexibility index (Phi) is 7.20. The van der Waals surface area contributed by atoms with E-state index in [-0.39, 0.29) is 26.6 Å². The fraction of sp³-hybridized carbons (Fsp3) is 0.167. The zero-order valence-electron chi connectivity index (χ0n) is 14.9. The molecule has 3 aromatic rings. The van der Waals surface area contributed by atoms with Crippen LogP contribution in [0.15, 0.2) is 52.9 Å². The van der Waals surface area contributed by atoms with E-state index < -0.39 is 15.9 Å². The summed E-state index contributed by atoms with van der Waals surface area (Å²) in [7, 11) is -3.83. The highest BCUT2D eigenvalue weighted by atomic mass is 35.5. The van der Waals surface area contributed by atoms with Gasteiger partial charge in [-0.1, -0.05) is 64.9 Å². The van der Waals surface area contributed by atoms with Crippen molar-refractivity contribution in [2.45, 2.75) is 17.2 Å². The number of sulfonamides is 1. The molecular formula is C18H16Cl2N4O3S2. The minimum atomic E-state index is -3.83. The second-order valence-electron chi connectivity index (χ2n) is 5.90. The molecule has 29 heavy (non-hydrogen) atoms. The molecule has 0 aliphatic carbocycles. The van der Waals surface area contributed by atoms with Crippen molar-refractivity contribution in [3.05, 3.63) is 69.7 Å². The molecule has 0 spiro atoms. The van der Waals surface area contributed by atoms with Gasteiger partial charge in [-0.15, -0.1) is 10.2 Å². The number of carbonyl (C=O) groups is 1. The van der Waals surface area contributed by atoms with Gasteiger partial charge in [0.1, 0.15) is 0 Å². The lowest BCUT2D eigenvalue weighted by molar-refractivity contribution is 0.102. The fourth-order valence-corrected chi connectivity index (χ4v) is 4.89. The predicted molar refractivity (Wildman–Crippen MR) is 114 cm³/mol. The van der Waals surface area contributed by atoms with Gasteiger partial charge in [0.25, 0.3) is 15.9 Å². The van der Waals surface area contributed by atoms with Gasteiger partial charge in [0.05, 0.1) is 10.6 Å². The number of rotatable bonds is 8. The Morgan fingerprint density at radius 2 is 1.69 bits per heavy atom. The minimum absolute atomic E-state index is 0.0614. The molecule has 1 amide bonds. The van der Waals surface area contributed by atoms with Gasteiger partial charge in [0, 0.05) is 11.6 Å². The summed E-state index contributed by atoms with van der Waals surface area (Å²) < 4.78 is 27.0. The number of aryl methyl sites for hydroxylation is 1. The summed E-state index contributed by atoms with van der Waals surface area (Å²) in [6.45, 7) is 0.217. The molecule has 0 aliphatic rings. The Hall–Kier alpha value is -2.04. The second kappa shape index (κ2) is 9.64. The molecular weight excluding hydrogens is 455 g/mol. The Balaban J connectivity index is 1.56. The number of carbonyl (C=O) groups excluding carboxylic acids is 1. The molecule has 2 N–H and O–H groups in total. The first-order valence-corrected chi connectivity index (χ1v) is 11.5. The van der Waals surface area contributed by atoms with E-state index in [9.17, 15) is 13.2 Å². The number of amides is 1. The van der Waals surface area contributed by atoms with Crippen molar-refractivity contribution < 1.29 is 13.2 Å². The lowest BCUT2D eigenvalue weighted by Gasteiger charge is -2.05. The molecule has 0 aliphatic heterocycles. The Morgan fingerprint density at radius 3 is 2.41 bits per heavy atom. The topological polar surface area (TPSA) is 101 Å². The van der Waals surface area contributed by atoms with Crippen molar-refractivity contribution >= 4 is 55.6 Å². The lowest BCUT2D eigenvalue weighted by Crippen LogP contribution is -2.25. The largest absolute Gasteiger partial charge is 0.296 e. The maximum atomic E-state index is 12.4. The second-order valence-corrected chi connectivity index (χ2v) is 9.63. The monoisotopic (exact) mass is 470 g/mol. The van der Waals surface area contributed by atoms with Gasteiger partial charge in [-0.05, 0) is 36.6 Å². The summed E-state index contributed by atoms with van der Waals surface area (Å²) in [6.07, 6.45) is 1.20. The highest BCUT2D eigenvalue weighted by molar-refractivity contribution is 7.91. The fourth-order valence-electron chi connectivity index (χ4n) is 2.43. The van der Waals surface area contributed by atoms with E-state index in [4.69, 9.17) is 23.2 Å². The maximum Gasteiger partial charge on any atom is 0.269 e. The summed E-state index contributed by atoms with van der Waals surface area (Å²) in [4.78, 5) is 12.2. The number of anilines is 1. The van der Waals surface area contributed by atoms with Crippen LogP contribution in [0.2, 0.25) is 10.0 Å². The van der Waals surface area contributed by atoms with Gasteiger partial charge in [0.2, 0.25) is 9.47 Å². The molecule has 0 fully saturated rings. The zero-order valence-corrected chi connectivity index (χ0v) is 18.1. The summed E-state index contributed by atoms with van der Waals surface area (Å²) in [6, 6.07) is 13.9. The molecule has 0 bridgehead atoms. The lowest BCUT2D eigenvalue weighted by atomic mass is 10.1. The summed E-state index contributed by atoms with van der Waals surface area (Å²) in [5.41, 5.74) is 1.21. The quantitative estimate of drug-likeness (QED) is 0.382. The number of nitrogens with one attached hydrogen (secondary N) is 2. The molecule has 2 aromatic carbocycles. The van der Waals surface area contributed by atoms with Crippen molar-refractivity contribution in [1.82, 2.24) is 14.9 Å². The number of hydrogen-bond acceptors (Lipinski definition) is 6. The molecule has 0 radical (unpaired) electrons. The normalized spacial score (nSPS) is 11.4. The van der Waals surface area contributed by atoms with Crippen LogP contribution in [0.1, 0.15) is 22.3 Å². The summed E-state index contributed by atoms with van der Waals surface area (Å²) in [5, 5.41) is 10.9. The van der Waals surface area contributed by atoms with E-state index in [0.29, 0.717) is 17.9 Å². The van der Waals surface area contributed by atoms with Crippen LogP contribution >= 0.6 is 34.5 Å². The first-order chi connectivity index (χ1) is 13.9. The molecule has 1 aromatic heterocycles. The average Bonchev–Trinajstić information content (AvgIpc) is 3.16. The highest BCUT2D eigenvalue weighted by Gasteiger charge is 2.21. The molecule has 1 heterocycles. The van der Waals surface area contributed by atoms with E-state index in [1.165, 1.54) is 0 Å². The first-order valence-electron chi connectivity index (χ1n) is 8.49. The van der Waals surface area contributed by atoms with Crippen molar-refractivity contribution in [2.75, 3.05) is 11.9 Å². The molecule has 0 unspecified atom stereocenters. The van der Waals surface area contributed by atoms with E-state index in [2.05, 4.69) is 20.2 Å². The van der Waals surface area contributed by atoms with Crippen LogP contribution in [0.3, 0.4) is 0 Å². The van der Waals surface area contributed by atoms with Crippen molar-refractivity contribution in [3.8, 4) is 0 Å². The van der Waals surface area contributed by atoms with Gasteiger partial charge in [-0.2, -0.15) is 0 Å². The molecule has 152 valence electrons. The van der Waals surface area contributed by atoms with Crippen LogP contribution in [0.25, 0.3) is 0 Å². The Bertz CT molecular complexity index is 1120. The van der Waals surface area contributed by atoms with Gasteiger partial charge in [0.15, 0.2) is 0 Å². The standard InChI is InChI=1S/C18H16Cl2N4O3S2/c19-14-9-3-1-6-12(14)7-5-11-21-29(26,27)18-24-23-17(28-18)22-16(25)13-8-2-4-10-15(13)20/h1-4,6,8-10,21H,5,7,11H2,(H,22,23,25). The molecule has 0 saturated heterocycles. The van der Waals surface area contributed by atoms with Crippen LogP contribution in [0.4, 0.5) is 5.13 Å². The van der Waals surface area contributed by atoms with Gasteiger partial charge < -0.3 is 0 Å². The Morgan fingerprint density at radius 1 is 1.00 bits per heavy atom. The number of benzene rings is 2. The Labute approximate surface area is 182 Å². The molecule has 3 rings (SSSR count). The first kappa shape index (κ1) is 21.7. The number of halogens is 2. The van der Waals surface area contributed by atoms with Crippen LogP contribution in [0.5, 0.6) is 0 Å². The van der Waals surface area contributed by atoms with E-state index in [0.717, 1.165) is 16.9 Å². The molecule has 11 heteroatoms. The number of hydrogen-bond donors (Lipinski definition) is 2. The molecule has 7 nitrogen and oxygen atoms in total. The number of nitrogens with zero attached hydrogens (tertiary/aromatic N) is 2. The summed E-state index contributed by atoms with van der Waals surface area (Å²) >= 11 is 12.8. The maximum absolute atomic E-state index is 12.4. The van der Waals surface area contributed by atoms with Crippen LogP contribution in [-0.4, -0.2) is 31.1 Å². The highest BCUT2D eigenvalue weighted by Crippen LogP contribution is 2.22. The zero-order chi connectivity index (χ0) is 20.9. The van der Waals surface area contributed by atoms with E-state index >= 15 is 0 Å². The van der Waals surface area contributed by atoms with Gasteiger partial charge >= 0.3 is 0 Å². The summed E-state index contributed by atoms with van der Waals surface area (Å²) in [5.74, 6) is -0.497. The third-order valence-corrected chi connectivity index (χ3v) is 7.21. The SMILES string of the molecule is O=C(Nc1nnc(S(=O)(=O)NCCCc2ccccc2Cl)s1)c1ccccc1Cl. The third-order valence-electron chi connectivity index (χ3n) is 3.85. The predicted octanol–water partition coefficient (Wildman–Crippen LogP) is 4.01. The smallest absolute Gasteiger partial charge is 0.269 e. The van der Waals surface area contributed by atoms with Crippen LogP contribution < -0.4 is 10.0 Å². The van der Waals surface area contributed by atoms with Crippen molar-refractivity contribution in [1.29, 1.82) is 0 Å². The van der Waals surface area contributed by atoms with E-state index in [1.807, 2.05) is 18.2 Å². The van der Waals surface area contributed by atoms with Gasteiger partial charge in [-0.25, -0.2) is 13.1 Å². The molecule has 0 atom stereocenters.